The monoisotopic (exact) mass is 474 g/mol. The summed E-state index contributed by atoms with van der Waals surface area (Å²) < 4.78 is 0.953. The van der Waals surface area contributed by atoms with Gasteiger partial charge in [0, 0.05) is 9.26 Å². The van der Waals surface area contributed by atoms with E-state index in [2.05, 4.69) is 33.2 Å². The van der Waals surface area contributed by atoms with E-state index in [9.17, 15) is 14.4 Å². The highest BCUT2D eigenvalue weighted by Crippen LogP contribution is 2.29. The summed E-state index contributed by atoms with van der Waals surface area (Å²) >= 11 is 2.12. The first-order chi connectivity index (χ1) is 12.8. The fraction of sp³-hybridized carbons (Fsp3) is 0.158. The zero-order chi connectivity index (χ0) is 19.6. The van der Waals surface area contributed by atoms with E-state index in [0.717, 1.165) is 8.47 Å². The number of hydrogen-bond donors (Lipinski definition) is 2. The van der Waals surface area contributed by atoms with Crippen molar-refractivity contribution in [2.75, 3.05) is 11.9 Å². The molecule has 4 amide bonds. The summed E-state index contributed by atoms with van der Waals surface area (Å²) in [6.07, 6.45) is 0. The smallest absolute Gasteiger partial charge is 0.324 e. The third-order valence-electron chi connectivity index (χ3n) is 4.28. The van der Waals surface area contributed by atoms with Gasteiger partial charge >= 0.3 is 6.03 Å². The van der Waals surface area contributed by atoms with Gasteiger partial charge in [-0.2, -0.15) is 5.26 Å². The number of rotatable bonds is 4. The van der Waals surface area contributed by atoms with Gasteiger partial charge in [-0.05, 0) is 65.4 Å². The molecule has 0 bridgehead atoms. The molecular weight excluding hydrogens is 459 g/mol. The minimum Gasteiger partial charge on any atom is -0.324 e. The lowest BCUT2D eigenvalue weighted by Crippen LogP contribution is -2.42. The number of carbonyl (C=O) groups excluding carboxylic acids is 3. The Labute approximate surface area is 169 Å². The summed E-state index contributed by atoms with van der Waals surface area (Å²) in [4.78, 5) is 38.3. The standard InChI is InChI=1S/C19H15IN4O3/c1-19(13-7-5-12(10-21)6-8-13)17(26)24(18(27)23-19)11-16(25)22-15-4-2-3-14(20)9-15/h2-9H,11H2,1H3,(H,22,25)(H,23,27). The molecule has 1 aliphatic heterocycles. The van der Waals surface area contributed by atoms with Crippen molar-refractivity contribution in [2.24, 2.45) is 0 Å². The highest BCUT2D eigenvalue weighted by atomic mass is 127. The number of nitrogens with zero attached hydrogens (tertiary/aromatic N) is 2. The maximum absolute atomic E-state index is 12.8. The van der Waals surface area contributed by atoms with Crippen LogP contribution in [0.5, 0.6) is 0 Å². The predicted octanol–water partition coefficient (Wildman–Crippen LogP) is 2.57. The van der Waals surface area contributed by atoms with Gasteiger partial charge in [-0.3, -0.25) is 14.5 Å². The van der Waals surface area contributed by atoms with E-state index in [-0.39, 0.29) is 6.54 Å². The Bertz CT molecular complexity index is 968. The number of imide groups is 1. The molecule has 27 heavy (non-hydrogen) atoms. The van der Waals surface area contributed by atoms with E-state index in [0.29, 0.717) is 16.8 Å². The first-order valence-electron chi connectivity index (χ1n) is 8.03. The van der Waals surface area contributed by atoms with Crippen molar-refractivity contribution in [3.8, 4) is 6.07 Å². The molecule has 1 fully saturated rings. The maximum Gasteiger partial charge on any atom is 0.325 e. The van der Waals surface area contributed by atoms with E-state index in [1.165, 1.54) is 0 Å². The van der Waals surface area contributed by atoms with Gasteiger partial charge in [0.2, 0.25) is 5.91 Å². The molecule has 0 saturated carbocycles. The third kappa shape index (κ3) is 3.78. The first kappa shape index (κ1) is 18.8. The number of benzene rings is 2. The molecule has 1 aliphatic rings. The molecule has 136 valence electrons. The zero-order valence-electron chi connectivity index (χ0n) is 14.3. The van der Waals surface area contributed by atoms with Gasteiger partial charge in [-0.1, -0.05) is 18.2 Å². The molecule has 2 aromatic carbocycles. The van der Waals surface area contributed by atoms with Crippen molar-refractivity contribution in [3.63, 3.8) is 0 Å². The number of nitrogens with one attached hydrogen (secondary N) is 2. The van der Waals surface area contributed by atoms with Crippen LogP contribution in [0.4, 0.5) is 10.5 Å². The van der Waals surface area contributed by atoms with Crippen LogP contribution in [0.3, 0.4) is 0 Å². The average Bonchev–Trinajstić information content (AvgIpc) is 2.86. The minimum absolute atomic E-state index is 0.387. The van der Waals surface area contributed by atoms with Crippen LogP contribution in [0.15, 0.2) is 48.5 Å². The van der Waals surface area contributed by atoms with Crippen LogP contribution in [-0.2, 0) is 15.1 Å². The Morgan fingerprint density at radius 1 is 1.26 bits per heavy atom. The first-order valence-corrected chi connectivity index (χ1v) is 9.11. The molecule has 0 spiro atoms. The van der Waals surface area contributed by atoms with E-state index in [1.54, 1.807) is 49.4 Å². The molecule has 8 heteroatoms. The molecule has 1 atom stereocenters. The van der Waals surface area contributed by atoms with E-state index in [4.69, 9.17) is 5.26 Å². The highest BCUT2D eigenvalue weighted by Gasteiger charge is 2.49. The molecular formula is C19H15IN4O3. The molecule has 1 saturated heterocycles. The molecule has 0 aromatic heterocycles. The fourth-order valence-electron chi connectivity index (χ4n) is 2.82. The van der Waals surface area contributed by atoms with Gasteiger partial charge in [0.25, 0.3) is 5.91 Å². The van der Waals surface area contributed by atoms with Gasteiger partial charge in [0.15, 0.2) is 0 Å². The lowest BCUT2D eigenvalue weighted by atomic mass is 9.91. The minimum atomic E-state index is -1.28. The summed E-state index contributed by atoms with van der Waals surface area (Å²) in [5.41, 5.74) is 0.301. The molecule has 2 N–H and O–H groups in total. The Morgan fingerprint density at radius 3 is 2.59 bits per heavy atom. The van der Waals surface area contributed by atoms with Crippen molar-refractivity contribution in [3.05, 3.63) is 63.2 Å². The zero-order valence-corrected chi connectivity index (χ0v) is 16.5. The van der Waals surface area contributed by atoms with Crippen molar-refractivity contribution in [2.45, 2.75) is 12.5 Å². The van der Waals surface area contributed by atoms with Crippen molar-refractivity contribution >= 4 is 46.1 Å². The van der Waals surface area contributed by atoms with Crippen LogP contribution in [0, 0.1) is 14.9 Å². The van der Waals surface area contributed by atoms with Gasteiger partial charge in [0.1, 0.15) is 12.1 Å². The summed E-state index contributed by atoms with van der Waals surface area (Å²) in [6.45, 7) is 1.19. The maximum atomic E-state index is 12.8. The Balaban J connectivity index is 1.75. The molecule has 3 rings (SSSR count). The molecule has 7 nitrogen and oxygen atoms in total. The van der Waals surface area contributed by atoms with Gasteiger partial charge in [0.05, 0.1) is 11.6 Å². The van der Waals surface area contributed by atoms with Crippen molar-refractivity contribution < 1.29 is 14.4 Å². The number of urea groups is 1. The van der Waals surface area contributed by atoms with E-state index >= 15 is 0 Å². The SMILES string of the molecule is CC1(c2ccc(C#N)cc2)NC(=O)N(CC(=O)Nc2cccc(I)c2)C1=O. The van der Waals surface area contributed by atoms with Crippen molar-refractivity contribution in [1.29, 1.82) is 5.26 Å². The quantitative estimate of drug-likeness (QED) is 0.526. The number of hydrogen-bond acceptors (Lipinski definition) is 4. The molecule has 1 unspecified atom stereocenters. The van der Waals surface area contributed by atoms with E-state index < -0.39 is 23.4 Å². The Kier molecular flexibility index (Phi) is 5.14. The second kappa shape index (κ2) is 7.36. The van der Waals surface area contributed by atoms with Crippen LogP contribution in [-0.4, -0.2) is 29.3 Å². The topological polar surface area (TPSA) is 102 Å². The largest absolute Gasteiger partial charge is 0.325 e. The number of anilines is 1. The molecule has 1 heterocycles. The molecule has 0 radical (unpaired) electrons. The number of halogens is 1. The Hall–Kier alpha value is -2.93. The van der Waals surface area contributed by atoms with Crippen LogP contribution in [0.2, 0.25) is 0 Å². The fourth-order valence-corrected chi connectivity index (χ4v) is 3.37. The number of nitriles is 1. The third-order valence-corrected chi connectivity index (χ3v) is 4.95. The summed E-state index contributed by atoms with van der Waals surface area (Å²) in [6, 6.07) is 15.0. The van der Waals surface area contributed by atoms with Gasteiger partial charge in [-0.25, -0.2) is 4.79 Å². The summed E-state index contributed by atoms with van der Waals surface area (Å²) in [5, 5.41) is 14.2. The predicted molar refractivity (Wildman–Crippen MR) is 107 cm³/mol. The van der Waals surface area contributed by atoms with E-state index in [1.807, 2.05) is 12.1 Å². The van der Waals surface area contributed by atoms with Crippen molar-refractivity contribution in [1.82, 2.24) is 10.2 Å². The Morgan fingerprint density at radius 2 is 1.96 bits per heavy atom. The molecule has 0 aliphatic carbocycles. The van der Waals surface area contributed by atoms with Gasteiger partial charge < -0.3 is 10.6 Å². The van der Waals surface area contributed by atoms with Crippen LogP contribution in [0.1, 0.15) is 18.1 Å². The second-order valence-corrected chi connectivity index (χ2v) is 7.44. The van der Waals surface area contributed by atoms with Crippen LogP contribution < -0.4 is 10.6 Å². The van der Waals surface area contributed by atoms with Gasteiger partial charge in [-0.15, -0.1) is 0 Å². The number of amides is 4. The normalized spacial score (nSPS) is 18.8. The number of carbonyl (C=O) groups is 3. The lowest BCUT2D eigenvalue weighted by Gasteiger charge is -2.22. The second-order valence-electron chi connectivity index (χ2n) is 6.19. The average molecular weight is 474 g/mol. The lowest BCUT2D eigenvalue weighted by molar-refractivity contribution is -0.133. The van der Waals surface area contributed by atoms with Crippen LogP contribution in [0.25, 0.3) is 0 Å². The summed E-state index contributed by atoms with van der Waals surface area (Å²) in [7, 11) is 0. The summed E-state index contributed by atoms with van der Waals surface area (Å²) in [5.74, 6) is -0.987. The molecule has 2 aromatic rings. The van der Waals surface area contributed by atoms with Crippen LogP contribution >= 0.6 is 22.6 Å². The highest BCUT2D eigenvalue weighted by molar-refractivity contribution is 14.1.